The zero-order valence-electron chi connectivity index (χ0n) is 6.89. The van der Waals surface area contributed by atoms with E-state index in [-0.39, 0.29) is 6.04 Å². The summed E-state index contributed by atoms with van der Waals surface area (Å²) >= 11 is 0. The van der Waals surface area contributed by atoms with Gasteiger partial charge in [-0.2, -0.15) is 0 Å². The Kier molecular flexibility index (Phi) is 5.26. The highest BCUT2D eigenvalue weighted by atomic mass is 16.5. The lowest BCUT2D eigenvalue weighted by molar-refractivity contribution is 0.177. The van der Waals surface area contributed by atoms with Gasteiger partial charge in [-0.15, -0.1) is 6.58 Å². The number of methoxy groups -OCH3 is 1. The molecule has 0 amide bonds. The van der Waals surface area contributed by atoms with Gasteiger partial charge in [-0.05, 0) is 19.8 Å². The van der Waals surface area contributed by atoms with Gasteiger partial charge in [0, 0.05) is 13.2 Å². The molecule has 1 unspecified atom stereocenters. The van der Waals surface area contributed by atoms with Crippen LogP contribution in [0.5, 0.6) is 0 Å². The van der Waals surface area contributed by atoms with Crippen molar-refractivity contribution in [3.8, 4) is 0 Å². The second-order valence-corrected chi connectivity index (χ2v) is 2.71. The Bertz CT molecular complexity index is 101. The maximum absolute atomic E-state index is 5.67. The van der Waals surface area contributed by atoms with E-state index >= 15 is 0 Å². The first-order valence-electron chi connectivity index (χ1n) is 3.55. The normalized spacial score (nSPS) is 13.1. The summed E-state index contributed by atoms with van der Waals surface area (Å²) in [4.78, 5) is 0. The fourth-order valence-corrected chi connectivity index (χ4v) is 0.729. The van der Waals surface area contributed by atoms with E-state index in [1.165, 1.54) is 5.57 Å². The minimum absolute atomic E-state index is 0.168. The molecule has 0 radical (unpaired) electrons. The fraction of sp³-hybridized carbons (Fsp3) is 0.750. The van der Waals surface area contributed by atoms with Gasteiger partial charge in [0.2, 0.25) is 0 Å². The number of allylic oxidation sites excluding steroid dienone is 1. The number of hydrogen-bond acceptors (Lipinski definition) is 2. The average molecular weight is 143 g/mol. The van der Waals surface area contributed by atoms with E-state index in [9.17, 15) is 0 Å². The zero-order chi connectivity index (χ0) is 7.98. The van der Waals surface area contributed by atoms with Crippen molar-refractivity contribution in [2.75, 3.05) is 13.7 Å². The molecule has 0 aromatic carbocycles. The minimum Gasteiger partial charge on any atom is -0.383 e. The Hall–Kier alpha value is -0.340. The first-order valence-corrected chi connectivity index (χ1v) is 3.55. The van der Waals surface area contributed by atoms with Crippen molar-refractivity contribution in [3.63, 3.8) is 0 Å². The largest absolute Gasteiger partial charge is 0.383 e. The van der Waals surface area contributed by atoms with Crippen LogP contribution in [0.15, 0.2) is 12.2 Å². The van der Waals surface area contributed by atoms with E-state index < -0.39 is 0 Å². The van der Waals surface area contributed by atoms with Crippen molar-refractivity contribution >= 4 is 0 Å². The number of ether oxygens (including phenoxy) is 1. The Morgan fingerprint density at radius 3 is 2.70 bits per heavy atom. The molecule has 60 valence electrons. The molecule has 2 N–H and O–H groups in total. The summed E-state index contributed by atoms with van der Waals surface area (Å²) in [6.45, 7) is 6.45. The van der Waals surface area contributed by atoms with Gasteiger partial charge in [-0.3, -0.25) is 0 Å². The third-order valence-electron chi connectivity index (χ3n) is 1.32. The number of hydrogen-bond donors (Lipinski definition) is 1. The SMILES string of the molecule is C=C(C)CCC(N)COC. The molecule has 2 nitrogen and oxygen atoms in total. The van der Waals surface area contributed by atoms with Crippen LogP contribution in [-0.4, -0.2) is 19.8 Å². The zero-order valence-corrected chi connectivity index (χ0v) is 6.89. The first kappa shape index (κ1) is 9.66. The standard InChI is InChI=1S/C8H17NO/c1-7(2)4-5-8(9)6-10-3/h8H,1,4-6,9H2,2-3H3. The molecule has 0 fully saturated rings. The van der Waals surface area contributed by atoms with Crippen LogP contribution in [0, 0.1) is 0 Å². The summed E-state index contributed by atoms with van der Waals surface area (Å²) in [5.41, 5.74) is 6.85. The second kappa shape index (κ2) is 5.45. The molecule has 0 saturated heterocycles. The molecule has 0 aromatic heterocycles. The molecule has 1 atom stereocenters. The van der Waals surface area contributed by atoms with E-state index in [1.807, 2.05) is 6.92 Å². The van der Waals surface area contributed by atoms with Crippen LogP contribution >= 0.6 is 0 Å². The van der Waals surface area contributed by atoms with Gasteiger partial charge in [0.05, 0.1) is 6.61 Å². The molecule has 0 aromatic rings. The Balaban J connectivity index is 3.21. The molecule has 10 heavy (non-hydrogen) atoms. The summed E-state index contributed by atoms with van der Waals surface area (Å²) in [5.74, 6) is 0. The van der Waals surface area contributed by atoms with E-state index in [0.717, 1.165) is 12.8 Å². The Morgan fingerprint density at radius 2 is 2.30 bits per heavy atom. The van der Waals surface area contributed by atoms with E-state index in [0.29, 0.717) is 6.61 Å². The highest BCUT2D eigenvalue weighted by molar-refractivity contribution is 4.88. The third-order valence-corrected chi connectivity index (χ3v) is 1.32. The lowest BCUT2D eigenvalue weighted by Crippen LogP contribution is -2.25. The molecule has 0 saturated carbocycles. The van der Waals surface area contributed by atoms with Gasteiger partial charge < -0.3 is 10.5 Å². The Morgan fingerprint density at radius 1 is 1.70 bits per heavy atom. The maximum Gasteiger partial charge on any atom is 0.0613 e. The molecular formula is C8H17NO. The molecule has 0 heterocycles. The lowest BCUT2D eigenvalue weighted by Gasteiger charge is -2.08. The monoisotopic (exact) mass is 143 g/mol. The van der Waals surface area contributed by atoms with Gasteiger partial charge in [0.1, 0.15) is 0 Å². The van der Waals surface area contributed by atoms with Crippen molar-refractivity contribution in [2.24, 2.45) is 5.73 Å². The van der Waals surface area contributed by atoms with E-state index in [2.05, 4.69) is 6.58 Å². The predicted molar refractivity (Wildman–Crippen MR) is 43.9 cm³/mol. The van der Waals surface area contributed by atoms with Crippen LogP contribution < -0.4 is 5.73 Å². The molecule has 2 heteroatoms. The summed E-state index contributed by atoms with van der Waals surface area (Å²) < 4.78 is 4.88. The highest BCUT2D eigenvalue weighted by Gasteiger charge is 1.99. The summed E-state index contributed by atoms with van der Waals surface area (Å²) in [5, 5.41) is 0. The van der Waals surface area contributed by atoms with Crippen LogP contribution in [0.4, 0.5) is 0 Å². The van der Waals surface area contributed by atoms with Crippen molar-refractivity contribution in [1.29, 1.82) is 0 Å². The van der Waals surface area contributed by atoms with Crippen LogP contribution in [0.1, 0.15) is 19.8 Å². The van der Waals surface area contributed by atoms with E-state index in [1.54, 1.807) is 7.11 Å². The minimum atomic E-state index is 0.168. The van der Waals surface area contributed by atoms with Crippen molar-refractivity contribution in [1.82, 2.24) is 0 Å². The van der Waals surface area contributed by atoms with Gasteiger partial charge >= 0.3 is 0 Å². The van der Waals surface area contributed by atoms with Crippen LogP contribution in [-0.2, 0) is 4.74 Å². The topological polar surface area (TPSA) is 35.2 Å². The first-order chi connectivity index (χ1) is 4.66. The molecule has 0 rings (SSSR count). The quantitative estimate of drug-likeness (QED) is 0.589. The summed E-state index contributed by atoms with van der Waals surface area (Å²) in [6, 6.07) is 0.168. The van der Waals surface area contributed by atoms with Crippen molar-refractivity contribution < 1.29 is 4.74 Å². The number of rotatable bonds is 5. The van der Waals surface area contributed by atoms with Gasteiger partial charge in [-0.1, -0.05) is 5.57 Å². The van der Waals surface area contributed by atoms with Crippen LogP contribution in [0.25, 0.3) is 0 Å². The number of nitrogens with two attached hydrogens (primary N) is 1. The van der Waals surface area contributed by atoms with Gasteiger partial charge in [0.15, 0.2) is 0 Å². The Labute approximate surface area is 63.1 Å². The predicted octanol–water partition coefficient (Wildman–Crippen LogP) is 1.32. The second-order valence-electron chi connectivity index (χ2n) is 2.71. The lowest BCUT2D eigenvalue weighted by atomic mass is 10.1. The average Bonchev–Trinajstić information content (AvgIpc) is 1.85. The van der Waals surface area contributed by atoms with Gasteiger partial charge in [-0.25, -0.2) is 0 Å². The summed E-state index contributed by atoms with van der Waals surface area (Å²) in [6.07, 6.45) is 1.98. The molecule has 0 spiro atoms. The van der Waals surface area contributed by atoms with Crippen molar-refractivity contribution in [2.45, 2.75) is 25.8 Å². The maximum atomic E-state index is 5.67. The summed E-state index contributed by atoms with van der Waals surface area (Å²) in [7, 11) is 1.67. The van der Waals surface area contributed by atoms with Crippen molar-refractivity contribution in [3.05, 3.63) is 12.2 Å². The molecule has 0 bridgehead atoms. The van der Waals surface area contributed by atoms with Gasteiger partial charge in [0.25, 0.3) is 0 Å². The van der Waals surface area contributed by atoms with Crippen LogP contribution in [0.2, 0.25) is 0 Å². The van der Waals surface area contributed by atoms with E-state index in [4.69, 9.17) is 10.5 Å². The third kappa shape index (κ3) is 5.79. The fourth-order valence-electron chi connectivity index (χ4n) is 0.729. The molecule has 0 aliphatic heterocycles. The smallest absolute Gasteiger partial charge is 0.0613 e. The molecular weight excluding hydrogens is 126 g/mol. The van der Waals surface area contributed by atoms with Crippen LogP contribution in [0.3, 0.4) is 0 Å². The molecule has 0 aliphatic carbocycles. The highest BCUT2D eigenvalue weighted by Crippen LogP contribution is 2.02. The molecule has 0 aliphatic rings.